The SMILES string of the molecule is CC(NCC(c1ccccc1)N(C)C)c1cccnc1. The number of nitrogens with one attached hydrogen (secondary N) is 1. The van der Waals surface area contributed by atoms with Gasteiger partial charge in [0.25, 0.3) is 0 Å². The summed E-state index contributed by atoms with van der Waals surface area (Å²) in [6.45, 7) is 3.09. The Labute approximate surface area is 121 Å². The topological polar surface area (TPSA) is 28.2 Å². The van der Waals surface area contributed by atoms with Gasteiger partial charge in [0.2, 0.25) is 0 Å². The summed E-state index contributed by atoms with van der Waals surface area (Å²) in [5, 5.41) is 3.60. The first kappa shape index (κ1) is 14.7. The van der Waals surface area contributed by atoms with Crippen molar-refractivity contribution in [1.29, 1.82) is 0 Å². The summed E-state index contributed by atoms with van der Waals surface area (Å²) in [6.07, 6.45) is 3.73. The van der Waals surface area contributed by atoms with Crippen LogP contribution in [-0.2, 0) is 0 Å². The molecular weight excluding hydrogens is 246 g/mol. The van der Waals surface area contributed by atoms with Crippen LogP contribution in [0, 0.1) is 0 Å². The first-order chi connectivity index (χ1) is 9.68. The van der Waals surface area contributed by atoms with Crippen LogP contribution in [0.2, 0.25) is 0 Å². The second-order valence-electron chi connectivity index (χ2n) is 5.31. The van der Waals surface area contributed by atoms with E-state index >= 15 is 0 Å². The third kappa shape index (κ3) is 3.89. The van der Waals surface area contributed by atoms with Crippen LogP contribution in [0.15, 0.2) is 54.9 Å². The molecule has 0 radical (unpaired) electrons. The van der Waals surface area contributed by atoms with Crippen LogP contribution in [-0.4, -0.2) is 30.5 Å². The number of nitrogens with zero attached hydrogens (tertiary/aromatic N) is 2. The monoisotopic (exact) mass is 269 g/mol. The molecule has 0 aliphatic heterocycles. The van der Waals surface area contributed by atoms with E-state index in [0.717, 1.165) is 6.54 Å². The highest BCUT2D eigenvalue weighted by molar-refractivity contribution is 5.20. The minimum atomic E-state index is 0.301. The quantitative estimate of drug-likeness (QED) is 0.873. The lowest BCUT2D eigenvalue weighted by molar-refractivity contribution is 0.281. The molecule has 0 aliphatic rings. The molecule has 0 amide bonds. The number of aromatic nitrogens is 1. The van der Waals surface area contributed by atoms with Crippen molar-refractivity contribution >= 4 is 0 Å². The molecule has 2 atom stereocenters. The molecule has 0 spiro atoms. The Balaban J connectivity index is 2.00. The van der Waals surface area contributed by atoms with Crippen LogP contribution in [0.4, 0.5) is 0 Å². The van der Waals surface area contributed by atoms with Gasteiger partial charge in [0.15, 0.2) is 0 Å². The number of likely N-dealkylation sites (N-methyl/N-ethyl adjacent to an activating group) is 1. The zero-order chi connectivity index (χ0) is 14.4. The molecule has 1 N–H and O–H groups in total. The largest absolute Gasteiger partial charge is 0.308 e. The van der Waals surface area contributed by atoms with E-state index in [2.05, 4.69) is 72.6 Å². The lowest BCUT2D eigenvalue weighted by atomic mass is 10.0. The Kier molecular flexibility index (Phi) is 5.27. The van der Waals surface area contributed by atoms with Gasteiger partial charge in [-0.2, -0.15) is 0 Å². The third-order valence-electron chi connectivity index (χ3n) is 3.61. The van der Waals surface area contributed by atoms with Crippen molar-refractivity contribution < 1.29 is 0 Å². The van der Waals surface area contributed by atoms with E-state index in [0.29, 0.717) is 12.1 Å². The first-order valence-electron chi connectivity index (χ1n) is 7.03. The predicted octanol–water partition coefficient (Wildman–Crippen LogP) is 3.04. The molecular formula is C17H23N3. The molecule has 0 aliphatic carbocycles. The Morgan fingerprint density at radius 3 is 2.35 bits per heavy atom. The normalized spacial score (nSPS) is 14.2. The Bertz CT molecular complexity index is 496. The van der Waals surface area contributed by atoms with Crippen molar-refractivity contribution in [2.24, 2.45) is 0 Å². The zero-order valence-corrected chi connectivity index (χ0v) is 12.5. The average Bonchev–Trinajstić information content (AvgIpc) is 2.49. The van der Waals surface area contributed by atoms with Gasteiger partial charge in [-0.25, -0.2) is 0 Å². The van der Waals surface area contributed by atoms with Gasteiger partial charge >= 0.3 is 0 Å². The summed E-state index contributed by atoms with van der Waals surface area (Å²) in [6, 6.07) is 15.4. The van der Waals surface area contributed by atoms with Crippen LogP contribution in [0.3, 0.4) is 0 Å². The van der Waals surface area contributed by atoms with Gasteiger partial charge in [-0.15, -0.1) is 0 Å². The molecule has 3 heteroatoms. The predicted molar refractivity (Wildman–Crippen MR) is 83.5 cm³/mol. The van der Waals surface area contributed by atoms with Gasteiger partial charge in [0.05, 0.1) is 0 Å². The van der Waals surface area contributed by atoms with E-state index in [9.17, 15) is 0 Å². The Morgan fingerprint density at radius 1 is 1.05 bits per heavy atom. The van der Waals surface area contributed by atoms with Crippen molar-refractivity contribution in [1.82, 2.24) is 15.2 Å². The third-order valence-corrected chi connectivity index (χ3v) is 3.61. The fraction of sp³-hybridized carbons (Fsp3) is 0.353. The summed E-state index contributed by atoms with van der Waals surface area (Å²) in [5.41, 5.74) is 2.56. The average molecular weight is 269 g/mol. The number of hydrogen-bond donors (Lipinski definition) is 1. The molecule has 0 saturated heterocycles. The molecule has 0 bridgehead atoms. The van der Waals surface area contributed by atoms with Crippen LogP contribution < -0.4 is 5.32 Å². The van der Waals surface area contributed by atoms with Crippen LogP contribution in [0.5, 0.6) is 0 Å². The summed E-state index contributed by atoms with van der Waals surface area (Å²) < 4.78 is 0. The van der Waals surface area contributed by atoms with Gasteiger partial charge < -0.3 is 10.2 Å². The second-order valence-corrected chi connectivity index (χ2v) is 5.31. The fourth-order valence-corrected chi connectivity index (χ4v) is 2.31. The number of hydrogen-bond acceptors (Lipinski definition) is 3. The van der Waals surface area contributed by atoms with Crippen molar-refractivity contribution in [3.05, 3.63) is 66.0 Å². The standard InChI is InChI=1S/C17H23N3/c1-14(16-10-7-11-18-12-16)19-13-17(20(2)3)15-8-5-4-6-9-15/h4-12,14,17,19H,13H2,1-3H3. The molecule has 1 aromatic heterocycles. The summed E-state index contributed by atoms with van der Waals surface area (Å²) in [4.78, 5) is 6.42. The Morgan fingerprint density at radius 2 is 1.75 bits per heavy atom. The summed E-state index contributed by atoms with van der Waals surface area (Å²) >= 11 is 0. The fourth-order valence-electron chi connectivity index (χ4n) is 2.31. The van der Waals surface area contributed by atoms with E-state index in [4.69, 9.17) is 0 Å². The molecule has 1 heterocycles. The first-order valence-corrected chi connectivity index (χ1v) is 7.03. The molecule has 2 aromatic rings. The van der Waals surface area contributed by atoms with Gasteiger partial charge in [0, 0.05) is 31.0 Å². The van der Waals surface area contributed by atoms with Gasteiger partial charge in [-0.1, -0.05) is 36.4 Å². The molecule has 106 valence electrons. The van der Waals surface area contributed by atoms with E-state index in [-0.39, 0.29) is 0 Å². The maximum atomic E-state index is 4.18. The maximum Gasteiger partial charge on any atom is 0.0467 e. The van der Waals surface area contributed by atoms with Crippen molar-refractivity contribution in [3.8, 4) is 0 Å². The lowest BCUT2D eigenvalue weighted by Gasteiger charge is -2.27. The van der Waals surface area contributed by atoms with Gasteiger partial charge in [-0.3, -0.25) is 4.98 Å². The number of pyridine rings is 1. The molecule has 20 heavy (non-hydrogen) atoms. The minimum absolute atomic E-state index is 0.301. The maximum absolute atomic E-state index is 4.18. The van der Waals surface area contributed by atoms with Gasteiger partial charge in [0.1, 0.15) is 0 Å². The molecule has 0 saturated carbocycles. The zero-order valence-electron chi connectivity index (χ0n) is 12.5. The van der Waals surface area contributed by atoms with E-state index in [1.807, 2.05) is 18.5 Å². The molecule has 0 fully saturated rings. The van der Waals surface area contributed by atoms with E-state index in [1.54, 1.807) is 0 Å². The van der Waals surface area contributed by atoms with E-state index in [1.165, 1.54) is 11.1 Å². The number of benzene rings is 1. The molecule has 3 nitrogen and oxygen atoms in total. The molecule has 1 aromatic carbocycles. The van der Waals surface area contributed by atoms with Gasteiger partial charge in [-0.05, 0) is 38.2 Å². The highest BCUT2D eigenvalue weighted by Crippen LogP contribution is 2.18. The Hall–Kier alpha value is -1.71. The molecule has 2 rings (SSSR count). The number of rotatable bonds is 6. The highest BCUT2D eigenvalue weighted by Gasteiger charge is 2.15. The van der Waals surface area contributed by atoms with Crippen LogP contribution >= 0.6 is 0 Å². The van der Waals surface area contributed by atoms with Crippen LogP contribution in [0.1, 0.15) is 30.1 Å². The smallest absolute Gasteiger partial charge is 0.0467 e. The minimum Gasteiger partial charge on any atom is -0.308 e. The molecule has 2 unspecified atom stereocenters. The highest BCUT2D eigenvalue weighted by atomic mass is 15.1. The summed E-state index contributed by atoms with van der Waals surface area (Å²) in [5.74, 6) is 0. The second kappa shape index (κ2) is 7.17. The van der Waals surface area contributed by atoms with Crippen molar-refractivity contribution in [3.63, 3.8) is 0 Å². The van der Waals surface area contributed by atoms with Crippen molar-refractivity contribution in [2.45, 2.75) is 19.0 Å². The van der Waals surface area contributed by atoms with E-state index < -0.39 is 0 Å². The van der Waals surface area contributed by atoms with Crippen molar-refractivity contribution in [2.75, 3.05) is 20.6 Å². The summed E-state index contributed by atoms with van der Waals surface area (Å²) in [7, 11) is 4.24. The van der Waals surface area contributed by atoms with Crippen LogP contribution in [0.25, 0.3) is 0 Å². The lowest BCUT2D eigenvalue weighted by Crippen LogP contribution is -2.32.